The summed E-state index contributed by atoms with van der Waals surface area (Å²) in [5.41, 5.74) is 1.27. The highest BCUT2D eigenvalue weighted by Crippen LogP contribution is 2.24. The van der Waals surface area contributed by atoms with E-state index in [1.165, 1.54) is 0 Å². The largest absolute Gasteiger partial charge is 0.476 e. The Hall–Kier alpha value is -5.70. The monoisotopic (exact) mass is 650 g/mol. The third-order valence-corrected chi connectivity index (χ3v) is 8.33. The third kappa shape index (κ3) is 8.55. The van der Waals surface area contributed by atoms with E-state index in [4.69, 9.17) is 14.6 Å². The minimum Gasteiger partial charge on any atom is -0.476 e. The van der Waals surface area contributed by atoms with Crippen molar-refractivity contribution in [2.45, 2.75) is 25.7 Å². The number of ether oxygens (including phenoxy) is 2. The molecular weight excluding hydrogens is 616 g/mol. The van der Waals surface area contributed by atoms with Gasteiger partial charge in [-0.3, -0.25) is 0 Å². The average molecular weight is 651 g/mol. The minimum absolute atomic E-state index is 0.0840. The standard InChI is InChI=1S/C34H34N8O6/c43-33(44)29-31(37-39-35-29)47-27-10-8-23(9-11-27)4-5-24-12-16-41(17-13-24)20-21-42-18-14-25(15-19-42)6-7-26-2-1-3-28(22-26)48-32-30(34(45)46)36-40-38-32/h1-3,8-11,22,24-25H,12-21H2,(H,43,44)(H,45,46)(H,35,37,39)(H,36,38,40). The zero-order valence-corrected chi connectivity index (χ0v) is 26.1. The summed E-state index contributed by atoms with van der Waals surface area (Å²) in [6, 6.07) is 14.4. The van der Waals surface area contributed by atoms with Crippen LogP contribution in [-0.4, -0.2) is 102 Å². The SMILES string of the molecule is O=C(O)c1[nH]nnc1Oc1ccc(C#CC2CCN(CCN3CCC(C#Cc4cccc(Oc5nn[nH]c5C(=O)O)c4)CC3)CC2)cc1. The van der Waals surface area contributed by atoms with Crippen LogP contribution in [0.5, 0.6) is 23.3 Å². The highest BCUT2D eigenvalue weighted by Gasteiger charge is 2.22. The fourth-order valence-corrected chi connectivity index (χ4v) is 5.58. The smallest absolute Gasteiger partial charge is 0.359 e. The lowest BCUT2D eigenvalue weighted by atomic mass is 9.96. The van der Waals surface area contributed by atoms with E-state index in [1.54, 1.807) is 24.3 Å². The molecule has 0 spiro atoms. The zero-order chi connectivity index (χ0) is 33.3. The van der Waals surface area contributed by atoms with Gasteiger partial charge in [-0.25, -0.2) is 19.8 Å². The van der Waals surface area contributed by atoms with E-state index >= 15 is 0 Å². The van der Waals surface area contributed by atoms with E-state index in [-0.39, 0.29) is 23.1 Å². The van der Waals surface area contributed by atoms with Crippen molar-refractivity contribution in [3.05, 3.63) is 71.0 Å². The summed E-state index contributed by atoms with van der Waals surface area (Å²) >= 11 is 0. The molecule has 4 N–H and O–H groups in total. The molecule has 0 aliphatic carbocycles. The Morgan fingerprint density at radius 3 is 1.73 bits per heavy atom. The maximum Gasteiger partial charge on any atom is 0.359 e. The molecule has 2 fully saturated rings. The molecule has 14 heteroatoms. The van der Waals surface area contributed by atoms with Crippen molar-refractivity contribution in [2.75, 3.05) is 39.3 Å². The summed E-state index contributed by atoms with van der Waals surface area (Å²) in [6.45, 7) is 6.22. The fraction of sp³-hybridized carbons (Fsp3) is 0.353. The van der Waals surface area contributed by atoms with E-state index in [0.29, 0.717) is 23.3 Å². The van der Waals surface area contributed by atoms with Crippen LogP contribution >= 0.6 is 0 Å². The van der Waals surface area contributed by atoms with Crippen LogP contribution in [0.2, 0.25) is 0 Å². The molecule has 48 heavy (non-hydrogen) atoms. The van der Waals surface area contributed by atoms with E-state index in [2.05, 4.69) is 64.3 Å². The van der Waals surface area contributed by atoms with Gasteiger partial charge in [0.1, 0.15) is 11.5 Å². The number of carboxylic acids is 2. The van der Waals surface area contributed by atoms with Crippen LogP contribution < -0.4 is 9.47 Å². The number of H-pyrrole nitrogens is 2. The topological polar surface area (TPSA) is 183 Å². The molecule has 0 saturated carbocycles. The Kier molecular flexibility index (Phi) is 10.3. The van der Waals surface area contributed by atoms with E-state index in [0.717, 1.165) is 76.1 Å². The summed E-state index contributed by atoms with van der Waals surface area (Å²) in [6.07, 6.45) is 4.14. The van der Waals surface area contributed by atoms with Gasteiger partial charge in [0.05, 0.1) is 0 Å². The van der Waals surface area contributed by atoms with Crippen LogP contribution in [0.4, 0.5) is 0 Å². The normalized spacial score (nSPS) is 15.9. The number of likely N-dealkylation sites (tertiary alicyclic amines) is 2. The molecule has 0 amide bonds. The Balaban J connectivity index is 0.891. The molecule has 2 aliphatic heterocycles. The highest BCUT2D eigenvalue weighted by atomic mass is 16.5. The number of aromatic nitrogens is 6. The lowest BCUT2D eigenvalue weighted by molar-refractivity contribution is 0.0676. The van der Waals surface area contributed by atoms with Gasteiger partial charge in [-0.2, -0.15) is 0 Å². The molecule has 6 rings (SSSR count). The number of carboxylic acid groups (broad SMARTS) is 2. The second-order valence-electron chi connectivity index (χ2n) is 11.6. The molecule has 4 aromatic rings. The number of aromatic carboxylic acids is 2. The first-order valence-corrected chi connectivity index (χ1v) is 15.7. The van der Waals surface area contributed by atoms with E-state index < -0.39 is 11.9 Å². The average Bonchev–Trinajstić information content (AvgIpc) is 3.77. The lowest BCUT2D eigenvalue weighted by Gasteiger charge is -2.34. The number of rotatable bonds is 9. The Morgan fingerprint density at radius 2 is 1.21 bits per heavy atom. The molecule has 2 aromatic heterocycles. The highest BCUT2D eigenvalue weighted by molar-refractivity contribution is 5.88. The number of benzene rings is 2. The molecule has 4 heterocycles. The Bertz CT molecular complexity index is 1850. The summed E-state index contributed by atoms with van der Waals surface area (Å²) in [7, 11) is 0. The third-order valence-electron chi connectivity index (χ3n) is 8.33. The number of hydrogen-bond acceptors (Lipinski definition) is 10. The van der Waals surface area contributed by atoms with Gasteiger partial charge in [0.25, 0.3) is 11.8 Å². The van der Waals surface area contributed by atoms with Crippen LogP contribution in [0.15, 0.2) is 48.5 Å². The first-order chi connectivity index (χ1) is 23.4. The van der Waals surface area contributed by atoms with Gasteiger partial charge in [-0.15, -0.1) is 0 Å². The second-order valence-corrected chi connectivity index (χ2v) is 11.6. The molecular formula is C34H34N8O6. The van der Waals surface area contributed by atoms with Crippen LogP contribution in [0.3, 0.4) is 0 Å². The predicted octanol–water partition coefficient (Wildman–Crippen LogP) is 3.73. The maximum atomic E-state index is 11.3. The van der Waals surface area contributed by atoms with Gasteiger partial charge in [0.15, 0.2) is 0 Å². The molecule has 246 valence electrons. The van der Waals surface area contributed by atoms with Crippen LogP contribution in [-0.2, 0) is 0 Å². The van der Waals surface area contributed by atoms with Crippen molar-refractivity contribution in [3.8, 4) is 46.9 Å². The predicted molar refractivity (Wildman–Crippen MR) is 172 cm³/mol. The Morgan fingerprint density at radius 1 is 0.708 bits per heavy atom. The maximum absolute atomic E-state index is 11.3. The lowest BCUT2D eigenvalue weighted by Crippen LogP contribution is -2.42. The summed E-state index contributed by atoms with van der Waals surface area (Å²) < 4.78 is 11.1. The van der Waals surface area contributed by atoms with E-state index in [9.17, 15) is 14.7 Å². The molecule has 2 aliphatic rings. The van der Waals surface area contributed by atoms with Crippen molar-refractivity contribution < 1.29 is 29.3 Å². The van der Waals surface area contributed by atoms with Crippen molar-refractivity contribution in [1.29, 1.82) is 0 Å². The van der Waals surface area contributed by atoms with Crippen LogP contribution in [0, 0.1) is 35.5 Å². The molecule has 0 bridgehead atoms. The molecule has 0 atom stereocenters. The number of hydrogen-bond donors (Lipinski definition) is 4. The molecule has 2 saturated heterocycles. The van der Waals surface area contributed by atoms with Gasteiger partial charge < -0.3 is 29.5 Å². The number of nitrogens with one attached hydrogen (secondary N) is 2. The molecule has 2 aromatic carbocycles. The summed E-state index contributed by atoms with van der Waals surface area (Å²) in [5.74, 6) is 12.4. The Labute approximate surface area is 276 Å². The molecule has 14 nitrogen and oxygen atoms in total. The van der Waals surface area contributed by atoms with Gasteiger partial charge in [-0.1, -0.05) is 50.4 Å². The molecule has 0 unspecified atom stereocenters. The van der Waals surface area contributed by atoms with E-state index in [1.807, 2.05) is 24.3 Å². The van der Waals surface area contributed by atoms with Crippen LogP contribution in [0.1, 0.15) is 57.8 Å². The zero-order valence-electron chi connectivity index (χ0n) is 26.1. The van der Waals surface area contributed by atoms with Gasteiger partial charge >= 0.3 is 11.9 Å². The first-order valence-electron chi connectivity index (χ1n) is 15.7. The van der Waals surface area contributed by atoms with Gasteiger partial charge in [0, 0.05) is 36.1 Å². The first kappa shape index (κ1) is 32.2. The van der Waals surface area contributed by atoms with Crippen molar-refractivity contribution in [2.24, 2.45) is 11.8 Å². The summed E-state index contributed by atoms with van der Waals surface area (Å²) in [5, 5.41) is 37.3. The fourth-order valence-electron chi connectivity index (χ4n) is 5.58. The number of nitrogens with zero attached hydrogens (tertiary/aromatic N) is 6. The van der Waals surface area contributed by atoms with Crippen LogP contribution in [0.25, 0.3) is 0 Å². The minimum atomic E-state index is -1.19. The number of piperidine rings is 2. The second kappa shape index (κ2) is 15.3. The van der Waals surface area contributed by atoms with Gasteiger partial charge in [0.2, 0.25) is 11.4 Å². The number of carbonyl (C=O) groups is 2. The summed E-state index contributed by atoms with van der Waals surface area (Å²) in [4.78, 5) is 27.5. The van der Waals surface area contributed by atoms with Crippen molar-refractivity contribution in [3.63, 3.8) is 0 Å². The van der Waals surface area contributed by atoms with Gasteiger partial charge in [-0.05, 0) is 94.3 Å². The van der Waals surface area contributed by atoms with Crippen molar-refractivity contribution >= 4 is 11.9 Å². The number of aromatic amines is 2. The quantitative estimate of drug-likeness (QED) is 0.193. The van der Waals surface area contributed by atoms with Crippen molar-refractivity contribution in [1.82, 2.24) is 40.6 Å². The molecule has 0 radical (unpaired) electrons.